The molecule has 0 bridgehead atoms. The summed E-state index contributed by atoms with van der Waals surface area (Å²) >= 11 is 0. The Kier molecular flexibility index (Phi) is 12.9. The minimum absolute atomic E-state index is 0.0463. The second-order valence-electron chi connectivity index (χ2n) is 20.5. The van der Waals surface area contributed by atoms with Gasteiger partial charge in [0.2, 0.25) is 5.79 Å². The van der Waals surface area contributed by atoms with Crippen LogP contribution in [0, 0.1) is 23.2 Å². The summed E-state index contributed by atoms with van der Waals surface area (Å²) in [5.74, 6) is -3.39. The molecule has 0 saturated carbocycles. The van der Waals surface area contributed by atoms with E-state index in [1.165, 1.54) is 6.92 Å². The van der Waals surface area contributed by atoms with Crippen molar-refractivity contribution in [2.24, 2.45) is 23.2 Å². The standard InChI is InChI=1S/C46H72O13/c1-27-20-35(56-46(22-27)36(48)12-15-42(7,59-46)24-43(8,52)40(50)51)28(2)10-14-41(6)17-18-45(58-41)16-11-34-39(57-45)37(49)30(4)38(55-34)33(47)21-29(3)32-23-44(26-54-31(32)5)13-9-19-53-25-44/h10,14,22,28-29,31-39,47-49,52H,4,9,11-13,15-21,23-26H2,1-3,5-8H3,(H,50,51)/b14-10+/t28-,29-,31+,32-,33+,34-,35-,36+,37-,38-,39+,41-,42-,43-,44-,45-,46-/m0/s1. The Morgan fingerprint density at radius 3 is 2.54 bits per heavy atom. The fourth-order valence-corrected chi connectivity index (χ4v) is 11.5. The van der Waals surface area contributed by atoms with Gasteiger partial charge in [-0.05, 0) is 116 Å². The SMILES string of the molecule is C=C1[C@H](O)[C@@H]2O[C@]3(CC[C@@H]2O[C@@H]1[C@H](O)C[C@H](C)[C@@H]1C[C@]2(CCCOC2)CO[C@@H]1C)CC[C@](C)(/C=C/[C@H](C)[C@@H]1CC(C)=C[C@]2(O1)O[C@](C)(C[C@](C)(O)C(=O)O)CC[C@H]2O)O3. The molecule has 3 spiro atoms. The molecule has 7 heterocycles. The maximum absolute atomic E-state index is 11.7. The van der Waals surface area contributed by atoms with Crippen LogP contribution >= 0.6 is 0 Å². The zero-order valence-corrected chi connectivity index (χ0v) is 36.4. The van der Waals surface area contributed by atoms with Crippen LogP contribution in [-0.4, -0.2) is 129 Å². The summed E-state index contributed by atoms with van der Waals surface area (Å²) in [5, 5.41) is 54.6. The van der Waals surface area contributed by atoms with E-state index in [0.717, 1.165) is 44.7 Å². The number of carbonyl (C=O) groups is 1. The molecule has 13 nitrogen and oxygen atoms in total. The van der Waals surface area contributed by atoms with Crippen LogP contribution in [0.4, 0.5) is 0 Å². The van der Waals surface area contributed by atoms with E-state index >= 15 is 0 Å². The van der Waals surface area contributed by atoms with Crippen molar-refractivity contribution in [2.45, 2.75) is 203 Å². The van der Waals surface area contributed by atoms with Crippen molar-refractivity contribution in [3.63, 3.8) is 0 Å². The first-order valence-electron chi connectivity index (χ1n) is 22.3. The molecular weight excluding hydrogens is 760 g/mol. The lowest BCUT2D eigenvalue weighted by atomic mass is 9.68. The average Bonchev–Trinajstić information content (AvgIpc) is 3.50. The summed E-state index contributed by atoms with van der Waals surface area (Å²) in [5.41, 5.74) is -2.25. The Morgan fingerprint density at radius 2 is 1.83 bits per heavy atom. The molecule has 0 amide bonds. The lowest BCUT2D eigenvalue weighted by Crippen LogP contribution is -2.60. The maximum atomic E-state index is 11.7. The van der Waals surface area contributed by atoms with E-state index < -0.39 is 71.0 Å². The Hall–Kier alpha value is -1.75. The molecule has 0 radical (unpaired) electrons. The first-order chi connectivity index (χ1) is 27.6. The summed E-state index contributed by atoms with van der Waals surface area (Å²) in [6.45, 7) is 19.8. The van der Waals surface area contributed by atoms with Crippen molar-refractivity contribution in [3.05, 3.63) is 36.0 Å². The molecule has 0 aromatic carbocycles. The topological polar surface area (TPSA) is 183 Å². The summed E-state index contributed by atoms with van der Waals surface area (Å²) < 4.78 is 45.2. The van der Waals surface area contributed by atoms with Gasteiger partial charge in [-0.2, -0.15) is 0 Å². The molecule has 0 aromatic rings. The molecule has 0 aliphatic carbocycles. The van der Waals surface area contributed by atoms with Crippen LogP contribution in [0.2, 0.25) is 0 Å². The highest BCUT2D eigenvalue weighted by Gasteiger charge is 2.57. The van der Waals surface area contributed by atoms with Crippen LogP contribution in [0.3, 0.4) is 0 Å². The summed E-state index contributed by atoms with van der Waals surface area (Å²) in [7, 11) is 0. The number of aliphatic hydroxyl groups is 4. The molecular formula is C46H72O13. The number of hydrogen-bond donors (Lipinski definition) is 5. The molecule has 17 atom stereocenters. The van der Waals surface area contributed by atoms with Gasteiger partial charge in [-0.15, -0.1) is 0 Å². The predicted octanol–water partition coefficient (Wildman–Crippen LogP) is 5.50. The molecule has 59 heavy (non-hydrogen) atoms. The molecule has 13 heteroatoms. The monoisotopic (exact) mass is 832 g/mol. The third-order valence-electron chi connectivity index (χ3n) is 15.0. The van der Waals surface area contributed by atoms with E-state index in [-0.39, 0.29) is 41.8 Å². The molecule has 7 aliphatic rings. The third kappa shape index (κ3) is 9.32. The smallest absolute Gasteiger partial charge is 0.335 e. The minimum atomic E-state index is -2.00. The number of fused-ring (bicyclic) bond motifs is 1. The van der Waals surface area contributed by atoms with Gasteiger partial charge in [-0.3, -0.25) is 0 Å². The van der Waals surface area contributed by atoms with Gasteiger partial charge in [-0.25, -0.2) is 4.79 Å². The molecule has 334 valence electrons. The van der Waals surface area contributed by atoms with Gasteiger partial charge in [0.1, 0.15) is 24.4 Å². The number of hydrogen-bond acceptors (Lipinski definition) is 12. The summed E-state index contributed by atoms with van der Waals surface area (Å²) in [6.07, 6.45) is 8.36. The van der Waals surface area contributed by atoms with Gasteiger partial charge in [0, 0.05) is 37.2 Å². The van der Waals surface area contributed by atoms with Crippen molar-refractivity contribution in [2.75, 3.05) is 19.8 Å². The molecule has 6 fully saturated rings. The summed E-state index contributed by atoms with van der Waals surface area (Å²) in [4.78, 5) is 11.7. The van der Waals surface area contributed by atoms with E-state index in [1.54, 1.807) is 13.0 Å². The number of aliphatic hydroxyl groups excluding tert-OH is 3. The van der Waals surface area contributed by atoms with E-state index in [1.807, 2.05) is 20.8 Å². The predicted molar refractivity (Wildman–Crippen MR) is 217 cm³/mol. The first-order valence-corrected chi connectivity index (χ1v) is 22.3. The van der Waals surface area contributed by atoms with Crippen LogP contribution in [0.25, 0.3) is 0 Å². The molecule has 6 saturated heterocycles. The van der Waals surface area contributed by atoms with Gasteiger partial charge in [0.15, 0.2) is 11.4 Å². The number of carboxylic acid groups (broad SMARTS) is 1. The Bertz CT molecular complexity index is 1610. The highest BCUT2D eigenvalue weighted by Crippen LogP contribution is 2.51. The Balaban J connectivity index is 0.948. The molecule has 7 rings (SSSR count). The normalized spacial score (nSPS) is 46.8. The second-order valence-corrected chi connectivity index (χ2v) is 20.5. The molecule has 5 N–H and O–H groups in total. The highest BCUT2D eigenvalue weighted by molar-refractivity contribution is 5.76. The molecule has 0 unspecified atom stereocenters. The third-order valence-corrected chi connectivity index (χ3v) is 15.0. The van der Waals surface area contributed by atoms with Gasteiger partial charge in [-0.1, -0.05) is 38.2 Å². The van der Waals surface area contributed by atoms with Crippen LogP contribution in [0.1, 0.15) is 126 Å². The average molecular weight is 833 g/mol. The highest BCUT2D eigenvalue weighted by atomic mass is 16.7. The maximum Gasteiger partial charge on any atom is 0.335 e. The largest absolute Gasteiger partial charge is 0.479 e. The fraction of sp³-hybridized carbons (Fsp3) is 0.848. The van der Waals surface area contributed by atoms with Crippen molar-refractivity contribution < 1.29 is 63.5 Å². The second kappa shape index (κ2) is 16.7. The van der Waals surface area contributed by atoms with Crippen LogP contribution < -0.4 is 0 Å². The Morgan fingerprint density at radius 1 is 1.07 bits per heavy atom. The van der Waals surface area contributed by atoms with Crippen molar-refractivity contribution >= 4 is 5.97 Å². The van der Waals surface area contributed by atoms with Crippen LogP contribution in [0.5, 0.6) is 0 Å². The van der Waals surface area contributed by atoms with E-state index in [4.69, 9.17) is 33.2 Å². The van der Waals surface area contributed by atoms with Crippen LogP contribution in [-0.2, 0) is 38.0 Å². The van der Waals surface area contributed by atoms with Gasteiger partial charge >= 0.3 is 5.97 Å². The zero-order chi connectivity index (χ0) is 42.8. The summed E-state index contributed by atoms with van der Waals surface area (Å²) in [6, 6.07) is 0. The quantitative estimate of drug-likeness (QED) is 0.174. The van der Waals surface area contributed by atoms with Crippen molar-refractivity contribution in [1.29, 1.82) is 0 Å². The zero-order valence-electron chi connectivity index (χ0n) is 36.4. The van der Waals surface area contributed by atoms with Crippen LogP contribution in [0.15, 0.2) is 36.0 Å². The van der Waals surface area contributed by atoms with E-state index in [9.17, 15) is 30.3 Å². The number of rotatable bonds is 10. The lowest BCUT2D eigenvalue weighted by molar-refractivity contribution is -0.344. The van der Waals surface area contributed by atoms with Crippen molar-refractivity contribution in [3.8, 4) is 0 Å². The Labute approximate surface area is 350 Å². The van der Waals surface area contributed by atoms with E-state index in [2.05, 4.69) is 32.6 Å². The number of carboxylic acids is 1. The van der Waals surface area contributed by atoms with Gasteiger partial charge in [0.25, 0.3) is 0 Å². The van der Waals surface area contributed by atoms with Gasteiger partial charge < -0.3 is 58.7 Å². The fourth-order valence-electron chi connectivity index (χ4n) is 11.5. The number of ether oxygens (including phenoxy) is 7. The lowest BCUT2D eigenvalue weighted by Gasteiger charge is -2.52. The first kappa shape index (κ1) is 45.3. The van der Waals surface area contributed by atoms with E-state index in [0.29, 0.717) is 56.9 Å². The van der Waals surface area contributed by atoms with Gasteiger partial charge in [0.05, 0.1) is 48.8 Å². The molecule has 7 aliphatic heterocycles. The molecule has 0 aromatic heterocycles. The van der Waals surface area contributed by atoms with Crippen molar-refractivity contribution in [1.82, 2.24) is 0 Å². The minimum Gasteiger partial charge on any atom is -0.479 e. The number of aliphatic carboxylic acids is 1.